The Labute approximate surface area is 101 Å². The average Bonchev–Trinajstić information content (AvgIpc) is 2.40. The molecule has 0 unspecified atom stereocenters. The molecule has 0 fully saturated rings. The number of rotatable bonds is 2. The second-order valence-electron chi connectivity index (χ2n) is 4.24. The summed E-state index contributed by atoms with van der Waals surface area (Å²) in [6.45, 7) is 1.91. The summed E-state index contributed by atoms with van der Waals surface area (Å²) in [5.41, 5.74) is 0. The maximum Gasteiger partial charge on any atom is 0.127 e. The molecule has 0 amide bonds. The van der Waals surface area contributed by atoms with Crippen LogP contribution in [-0.2, 0) is 0 Å². The van der Waals surface area contributed by atoms with Crippen LogP contribution in [-0.4, -0.2) is 13.1 Å². The molecule has 2 heteroatoms. The SMILES string of the molecule is C1=C(Oc2ccc3ccccc3c2)CCNC1. The zero-order valence-electron chi connectivity index (χ0n) is 9.65. The summed E-state index contributed by atoms with van der Waals surface area (Å²) in [7, 11) is 0. The van der Waals surface area contributed by atoms with Crippen molar-refractivity contribution in [1.29, 1.82) is 0 Å². The van der Waals surface area contributed by atoms with Gasteiger partial charge in [-0.1, -0.05) is 30.3 Å². The Morgan fingerprint density at radius 3 is 2.71 bits per heavy atom. The lowest BCUT2D eigenvalue weighted by atomic mass is 10.1. The quantitative estimate of drug-likeness (QED) is 0.848. The van der Waals surface area contributed by atoms with Crippen molar-refractivity contribution in [2.24, 2.45) is 0 Å². The van der Waals surface area contributed by atoms with Crippen LogP contribution in [0.5, 0.6) is 5.75 Å². The van der Waals surface area contributed by atoms with E-state index in [0.717, 1.165) is 31.0 Å². The zero-order chi connectivity index (χ0) is 11.5. The predicted octanol–water partition coefficient (Wildman–Crippen LogP) is 3.10. The molecule has 1 aliphatic heterocycles. The minimum absolute atomic E-state index is 0.906. The van der Waals surface area contributed by atoms with Gasteiger partial charge < -0.3 is 10.1 Å². The molecule has 0 spiro atoms. The second kappa shape index (κ2) is 4.60. The molecule has 0 saturated heterocycles. The fraction of sp³-hybridized carbons (Fsp3) is 0.200. The summed E-state index contributed by atoms with van der Waals surface area (Å²) in [4.78, 5) is 0. The van der Waals surface area contributed by atoms with E-state index >= 15 is 0 Å². The Hall–Kier alpha value is -1.80. The maximum absolute atomic E-state index is 5.88. The molecule has 0 aromatic heterocycles. The zero-order valence-corrected chi connectivity index (χ0v) is 9.65. The first-order valence-corrected chi connectivity index (χ1v) is 5.98. The molecule has 86 valence electrons. The molecule has 0 saturated carbocycles. The van der Waals surface area contributed by atoms with Gasteiger partial charge in [0.2, 0.25) is 0 Å². The lowest BCUT2D eigenvalue weighted by Gasteiger charge is -2.15. The largest absolute Gasteiger partial charge is 0.462 e. The van der Waals surface area contributed by atoms with E-state index in [1.54, 1.807) is 0 Å². The lowest BCUT2D eigenvalue weighted by Crippen LogP contribution is -2.22. The van der Waals surface area contributed by atoms with E-state index in [2.05, 4.69) is 47.8 Å². The van der Waals surface area contributed by atoms with Crippen LogP contribution >= 0.6 is 0 Å². The molecule has 2 nitrogen and oxygen atoms in total. The molecule has 17 heavy (non-hydrogen) atoms. The van der Waals surface area contributed by atoms with Crippen LogP contribution in [0.25, 0.3) is 10.8 Å². The highest BCUT2D eigenvalue weighted by atomic mass is 16.5. The second-order valence-corrected chi connectivity index (χ2v) is 4.24. The van der Waals surface area contributed by atoms with Crippen LogP contribution in [0.15, 0.2) is 54.3 Å². The van der Waals surface area contributed by atoms with Crippen molar-refractivity contribution in [2.45, 2.75) is 6.42 Å². The van der Waals surface area contributed by atoms with Crippen molar-refractivity contribution >= 4 is 10.8 Å². The van der Waals surface area contributed by atoms with E-state index in [4.69, 9.17) is 4.74 Å². The topological polar surface area (TPSA) is 21.3 Å². The highest BCUT2D eigenvalue weighted by Crippen LogP contribution is 2.23. The van der Waals surface area contributed by atoms with Crippen LogP contribution in [0.4, 0.5) is 0 Å². The average molecular weight is 225 g/mol. The highest BCUT2D eigenvalue weighted by molar-refractivity contribution is 5.83. The van der Waals surface area contributed by atoms with Crippen molar-refractivity contribution in [1.82, 2.24) is 5.32 Å². The molecule has 0 radical (unpaired) electrons. The van der Waals surface area contributed by atoms with E-state index in [9.17, 15) is 0 Å². The highest BCUT2D eigenvalue weighted by Gasteiger charge is 2.05. The summed E-state index contributed by atoms with van der Waals surface area (Å²) < 4.78 is 5.88. The molecule has 3 rings (SSSR count). The van der Waals surface area contributed by atoms with E-state index in [-0.39, 0.29) is 0 Å². The van der Waals surface area contributed by atoms with Gasteiger partial charge in [-0.05, 0) is 29.0 Å². The smallest absolute Gasteiger partial charge is 0.127 e. The Kier molecular flexibility index (Phi) is 2.80. The summed E-state index contributed by atoms with van der Waals surface area (Å²) >= 11 is 0. The van der Waals surface area contributed by atoms with E-state index < -0.39 is 0 Å². The summed E-state index contributed by atoms with van der Waals surface area (Å²) in [5.74, 6) is 2.00. The third-order valence-corrected chi connectivity index (χ3v) is 2.99. The Balaban J connectivity index is 1.87. The number of benzene rings is 2. The molecular weight excluding hydrogens is 210 g/mol. The first-order chi connectivity index (χ1) is 8.42. The van der Waals surface area contributed by atoms with Gasteiger partial charge in [0.1, 0.15) is 11.5 Å². The summed E-state index contributed by atoms with van der Waals surface area (Å²) in [5, 5.41) is 5.74. The Bertz CT molecular complexity index is 560. The van der Waals surface area contributed by atoms with Crippen molar-refractivity contribution in [2.75, 3.05) is 13.1 Å². The molecule has 2 aromatic rings. The standard InChI is InChI=1S/C15H15NO/c1-2-4-13-11-15(6-5-12(13)3-1)17-14-7-9-16-10-8-14/h1-7,11,16H,8-10H2. The monoisotopic (exact) mass is 225 g/mol. The number of fused-ring (bicyclic) bond motifs is 1. The van der Waals surface area contributed by atoms with Crippen LogP contribution in [0.3, 0.4) is 0 Å². The van der Waals surface area contributed by atoms with Gasteiger partial charge in [0, 0.05) is 19.5 Å². The van der Waals surface area contributed by atoms with E-state index in [1.165, 1.54) is 10.8 Å². The molecular formula is C15H15NO. The molecule has 0 bridgehead atoms. The van der Waals surface area contributed by atoms with Gasteiger partial charge >= 0.3 is 0 Å². The van der Waals surface area contributed by atoms with Gasteiger partial charge in [0.25, 0.3) is 0 Å². The first-order valence-electron chi connectivity index (χ1n) is 5.98. The number of nitrogens with one attached hydrogen (secondary N) is 1. The van der Waals surface area contributed by atoms with Crippen LogP contribution in [0.1, 0.15) is 6.42 Å². The van der Waals surface area contributed by atoms with E-state index in [0.29, 0.717) is 0 Å². The van der Waals surface area contributed by atoms with Crippen molar-refractivity contribution in [3.05, 3.63) is 54.3 Å². The third-order valence-electron chi connectivity index (χ3n) is 2.99. The lowest BCUT2D eigenvalue weighted by molar-refractivity contribution is 0.388. The van der Waals surface area contributed by atoms with Gasteiger partial charge in [0.15, 0.2) is 0 Å². The minimum Gasteiger partial charge on any atom is -0.462 e. The van der Waals surface area contributed by atoms with Crippen molar-refractivity contribution < 1.29 is 4.74 Å². The third kappa shape index (κ3) is 2.32. The molecule has 0 aliphatic carbocycles. The molecule has 2 aromatic carbocycles. The van der Waals surface area contributed by atoms with E-state index in [1.807, 2.05) is 6.07 Å². The first kappa shape index (κ1) is 10.4. The van der Waals surface area contributed by atoms with Gasteiger partial charge in [-0.3, -0.25) is 0 Å². The van der Waals surface area contributed by atoms with Crippen molar-refractivity contribution in [3.63, 3.8) is 0 Å². The molecule has 0 atom stereocenters. The molecule has 1 heterocycles. The Morgan fingerprint density at radius 1 is 1.00 bits per heavy atom. The normalized spacial score (nSPS) is 15.6. The minimum atomic E-state index is 0.906. The van der Waals surface area contributed by atoms with Crippen LogP contribution in [0.2, 0.25) is 0 Å². The molecule has 1 N–H and O–H groups in total. The Morgan fingerprint density at radius 2 is 1.88 bits per heavy atom. The van der Waals surface area contributed by atoms with Crippen LogP contribution < -0.4 is 10.1 Å². The fourth-order valence-corrected chi connectivity index (χ4v) is 2.08. The maximum atomic E-state index is 5.88. The van der Waals surface area contributed by atoms with Gasteiger partial charge in [-0.2, -0.15) is 0 Å². The summed E-state index contributed by atoms with van der Waals surface area (Å²) in [6.07, 6.45) is 3.07. The molecule has 1 aliphatic rings. The van der Waals surface area contributed by atoms with Gasteiger partial charge in [-0.15, -0.1) is 0 Å². The predicted molar refractivity (Wildman–Crippen MR) is 70.1 cm³/mol. The van der Waals surface area contributed by atoms with Crippen LogP contribution in [0, 0.1) is 0 Å². The van der Waals surface area contributed by atoms with Gasteiger partial charge in [0.05, 0.1) is 0 Å². The fourth-order valence-electron chi connectivity index (χ4n) is 2.08. The van der Waals surface area contributed by atoms with Crippen molar-refractivity contribution in [3.8, 4) is 5.75 Å². The number of hydrogen-bond acceptors (Lipinski definition) is 2. The number of hydrogen-bond donors (Lipinski definition) is 1. The van der Waals surface area contributed by atoms with Gasteiger partial charge in [-0.25, -0.2) is 0 Å². The number of ether oxygens (including phenoxy) is 1. The summed E-state index contributed by atoms with van der Waals surface area (Å²) in [6, 6.07) is 14.6.